The smallest absolute Gasteiger partial charge is 0.276 e. The van der Waals surface area contributed by atoms with E-state index in [0.717, 1.165) is 20.7 Å². The number of thiophene rings is 1. The third-order valence-electron chi connectivity index (χ3n) is 5.90. The Morgan fingerprint density at radius 2 is 1.61 bits per heavy atom. The SMILES string of the molecule is COc1ccccc1-n1nnc(C(=O)N2CCN(C(=O)c3cc4ccccc4s3)CC2)c1C. The summed E-state index contributed by atoms with van der Waals surface area (Å²) in [5.74, 6) is 0.488. The van der Waals surface area contributed by atoms with Gasteiger partial charge >= 0.3 is 0 Å². The van der Waals surface area contributed by atoms with E-state index >= 15 is 0 Å². The number of carbonyl (C=O) groups is 2. The first-order chi connectivity index (χ1) is 16.1. The van der Waals surface area contributed by atoms with Crippen molar-refractivity contribution in [2.24, 2.45) is 0 Å². The number of methoxy groups -OCH3 is 1. The minimum atomic E-state index is -0.178. The molecule has 1 fully saturated rings. The Balaban J connectivity index is 1.28. The molecule has 33 heavy (non-hydrogen) atoms. The Morgan fingerprint density at radius 3 is 2.33 bits per heavy atom. The van der Waals surface area contributed by atoms with Crippen molar-refractivity contribution in [3.8, 4) is 11.4 Å². The van der Waals surface area contributed by atoms with Gasteiger partial charge in [-0.2, -0.15) is 0 Å². The molecule has 2 aromatic heterocycles. The first-order valence-corrected chi connectivity index (χ1v) is 11.5. The van der Waals surface area contributed by atoms with Crippen molar-refractivity contribution in [2.45, 2.75) is 6.92 Å². The van der Waals surface area contributed by atoms with E-state index in [-0.39, 0.29) is 11.8 Å². The molecule has 1 aliphatic heterocycles. The highest BCUT2D eigenvalue weighted by atomic mass is 32.1. The number of fused-ring (bicyclic) bond motifs is 1. The van der Waals surface area contributed by atoms with Gasteiger partial charge in [0.2, 0.25) is 0 Å². The van der Waals surface area contributed by atoms with E-state index in [1.807, 2.05) is 66.4 Å². The second-order valence-electron chi connectivity index (χ2n) is 7.84. The highest BCUT2D eigenvalue weighted by molar-refractivity contribution is 7.20. The zero-order valence-electron chi connectivity index (χ0n) is 18.4. The molecule has 1 saturated heterocycles. The van der Waals surface area contributed by atoms with E-state index in [2.05, 4.69) is 10.3 Å². The second kappa shape index (κ2) is 8.67. The van der Waals surface area contributed by atoms with Crippen molar-refractivity contribution in [3.63, 3.8) is 0 Å². The molecule has 0 saturated carbocycles. The summed E-state index contributed by atoms with van der Waals surface area (Å²) in [6.07, 6.45) is 0. The Bertz CT molecular complexity index is 1300. The van der Waals surface area contributed by atoms with Crippen molar-refractivity contribution in [1.82, 2.24) is 24.8 Å². The molecule has 0 bridgehead atoms. The number of carbonyl (C=O) groups excluding carboxylic acids is 2. The van der Waals surface area contributed by atoms with E-state index in [4.69, 9.17) is 4.74 Å². The lowest BCUT2D eigenvalue weighted by molar-refractivity contribution is 0.0534. The molecule has 0 aliphatic carbocycles. The average molecular weight is 462 g/mol. The van der Waals surface area contributed by atoms with E-state index in [0.29, 0.717) is 43.3 Å². The number of aromatic nitrogens is 3. The Labute approximate surface area is 195 Å². The summed E-state index contributed by atoms with van der Waals surface area (Å²) in [6.45, 7) is 3.70. The molecule has 9 heteroatoms. The number of rotatable bonds is 4. The van der Waals surface area contributed by atoms with Gasteiger partial charge in [0, 0.05) is 30.9 Å². The summed E-state index contributed by atoms with van der Waals surface area (Å²) in [7, 11) is 1.59. The molecule has 0 N–H and O–H groups in total. The van der Waals surface area contributed by atoms with Crippen LogP contribution in [0.1, 0.15) is 25.9 Å². The van der Waals surface area contributed by atoms with Gasteiger partial charge in [0.1, 0.15) is 11.4 Å². The first-order valence-electron chi connectivity index (χ1n) is 10.7. The van der Waals surface area contributed by atoms with Crippen LogP contribution in [0, 0.1) is 6.92 Å². The van der Waals surface area contributed by atoms with Crippen LogP contribution in [0.2, 0.25) is 0 Å². The van der Waals surface area contributed by atoms with Gasteiger partial charge in [-0.1, -0.05) is 35.5 Å². The topological polar surface area (TPSA) is 80.6 Å². The number of para-hydroxylation sites is 2. The van der Waals surface area contributed by atoms with Crippen LogP contribution < -0.4 is 4.74 Å². The fourth-order valence-electron chi connectivity index (χ4n) is 4.07. The number of benzene rings is 2. The second-order valence-corrected chi connectivity index (χ2v) is 8.92. The van der Waals surface area contributed by atoms with E-state index in [1.54, 1.807) is 16.7 Å². The van der Waals surface area contributed by atoms with Crippen LogP contribution in [0.4, 0.5) is 0 Å². The van der Waals surface area contributed by atoms with Crippen molar-refractivity contribution in [1.29, 1.82) is 0 Å². The Kier molecular flexibility index (Phi) is 5.55. The summed E-state index contributed by atoms with van der Waals surface area (Å²) < 4.78 is 8.13. The highest BCUT2D eigenvalue weighted by Gasteiger charge is 2.29. The molecular weight excluding hydrogens is 438 g/mol. The van der Waals surface area contributed by atoms with Gasteiger partial charge in [-0.25, -0.2) is 4.68 Å². The molecule has 8 nitrogen and oxygen atoms in total. The fourth-order valence-corrected chi connectivity index (χ4v) is 5.10. The van der Waals surface area contributed by atoms with Gasteiger partial charge in [-0.3, -0.25) is 9.59 Å². The van der Waals surface area contributed by atoms with Gasteiger partial charge in [0.05, 0.1) is 17.7 Å². The number of hydrogen-bond acceptors (Lipinski definition) is 6. The van der Waals surface area contributed by atoms with Crippen LogP contribution in [0.25, 0.3) is 15.8 Å². The molecule has 2 aromatic carbocycles. The third-order valence-corrected chi connectivity index (χ3v) is 7.00. The highest BCUT2D eigenvalue weighted by Crippen LogP contribution is 2.27. The van der Waals surface area contributed by atoms with Gasteiger partial charge in [-0.15, -0.1) is 16.4 Å². The number of hydrogen-bond donors (Lipinski definition) is 0. The molecule has 0 atom stereocenters. The van der Waals surface area contributed by atoms with Crippen LogP contribution in [-0.2, 0) is 0 Å². The quantitative estimate of drug-likeness (QED) is 0.465. The molecule has 1 aliphatic rings. The summed E-state index contributed by atoms with van der Waals surface area (Å²) >= 11 is 1.51. The van der Waals surface area contributed by atoms with Gasteiger partial charge < -0.3 is 14.5 Å². The minimum Gasteiger partial charge on any atom is -0.494 e. The van der Waals surface area contributed by atoms with Gasteiger partial charge in [0.25, 0.3) is 11.8 Å². The molecular formula is C24H23N5O3S. The van der Waals surface area contributed by atoms with Crippen molar-refractivity contribution < 1.29 is 14.3 Å². The number of piperazine rings is 1. The molecule has 0 radical (unpaired) electrons. The maximum absolute atomic E-state index is 13.2. The number of ether oxygens (including phenoxy) is 1. The molecule has 168 valence electrons. The van der Waals surface area contributed by atoms with Crippen LogP contribution in [0.3, 0.4) is 0 Å². The molecule has 0 unspecified atom stereocenters. The lowest BCUT2D eigenvalue weighted by Gasteiger charge is -2.34. The zero-order valence-corrected chi connectivity index (χ0v) is 19.2. The maximum Gasteiger partial charge on any atom is 0.276 e. The summed E-state index contributed by atoms with van der Waals surface area (Å²) in [5, 5.41) is 9.42. The lowest BCUT2D eigenvalue weighted by atomic mass is 10.2. The monoisotopic (exact) mass is 461 g/mol. The molecule has 3 heterocycles. The predicted octanol–water partition coefficient (Wildman–Crippen LogP) is 3.40. The van der Waals surface area contributed by atoms with E-state index < -0.39 is 0 Å². The zero-order chi connectivity index (χ0) is 22.9. The van der Waals surface area contributed by atoms with Crippen molar-refractivity contribution in [3.05, 3.63) is 70.9 Å². The van der Waals surface area contributed by atoms with E-state index in [9.17, 15) is 9.59 Å². The predicted molar refractivity (Wildman–Crippen MR) is 126 cm³/mol. The fraction of sp³-hybridized carbons (Fsp3) is 0.250. The van der Waals surface area contributed by atoms with Gasteiger partial charge in [0.15, 0.2) is 5.69 Å². The van der Waals surface area contributed by atoms with Crippen LogP contribution >= 0.6 is 11.3 Å². The Hall–Kier alpha value is -3.72. The average Bonchev–Trinajstić information content (AvgIpc) is 3.46. The molecule has 2 amide bonds. The van der Waals surface area contributed by atoms with Crippen LogP contribution in [0.15, 0.2) is 54.6 Å². The summed E-state index contributed by atoms with van der Waals surface area (Å²) in [5.41, 5.74) is 1.68. The van der Waals surface area contributed by atoms with E-state index in [1.165, 1.54) is 11.3 Å². The maximum atomic E-state index is 13.2. The minimum absolute atomic E-state index is 0.0154. The molecule has 0 spiro atoms. The standard InChI is InChI=1S/C24H23N5O3S/c1-16-22(25-26-29(16)18-8-4-5-9-19(18)32-2)24(31)28-13-11-27(12-14-28)23(30)21-15-17-7-3-6-10-20(17)33-21/h3-10,15H,11-14H2,1-2H3. The molecule has 5 rings (SSSR count). The molecule has 4 aromatic rings. The van der Waals surface area contributed by atoms with Gasteiger partial charge in [-0.05, 0) is 36.6 Å². The summed E-state index contributed by atoms with van der Waals surface area (Å²) in [6, 6.07) is 17.4. The van der Waals surface area contributed by atoms with Crippen LogP contribution in [0.5, 0.6) is 5.75 Å². The third kappa shape index (κ3) is 3.84. The van der Waals surface area contributed by atoms with Crippen LogP contribution in [-0.4, -0.2) is 69.9 Å². The largest absolute Gasteiger partial charge is 0.494 e. The van der Waals surface area contributed by atoms with Crippen molar-refractivity contribution in [2.75, 3.05) is 33.3 Å². The number of nitrogens with zero attached hydrogens (tertiary/aromatic N) is 5. The normalized spacial score (nSPS) is 14.0. The Morgan fingerprint density at radius 1 is 0.939 bits per heavy atom. The number of amides is 2. The first kappa shape index (κ1) is 21.1. The lowest BCUT2D eigenvalue weighted by Crippen LogP contribution is -2.50. The summed E-state index contributed by atoms with van der Waals surface area (Å²) in [4.78, 5) is 30.4. The van der Waals surface area contributed by atoms with Crippen molar-refractivity contribution >= 4 is 33.2 Å².